The van der Waals surface area contributed by atoms with E-state index in [0.29, 0.717) is 52.2 Å². The molecular weight excluding hydrogens is 439 g/mol. The summed E-state index contributed by atoms with van der Waals surface area (Å²) in [6, 6.07) is 6.96. The SMILES string of the molecule is C=CC(=O)N1CCN2Cc3cc(Cl)c(-c4ccc(F)c5sc(N)nc45)cc3OC[C@H]2C1. The Morgan fingerprint density at radius 3 is 3.00 bits per heavy atom. The number of nitrogens with zero attached hydrogens (tertiary/aromatic N) is 3. The van der Waals surface area contributed by atoms with Crippen molar-refractivity contribution in [1.29, 1.82) is 0 Å². The van der Waals surface area contributed by atoms with Crippen LogP contribution in [0.15, 0.2) is 36.9 Å². The van der Waals surface area contributed by atoms with Gasteiger partial charge in [0.2, 0.25) is 5.91 Å². The van der Waals surface area contributed by atoms with Crippen LogP contribution in [0.3, 0.4) is 0 Å². The first-order valence-corrected chi connectivity index (χ1v) is 11.1. The minimum absolute atomic E-state index is 0.0606. The van der Waals surface area contributed by atoms with Crippen LogP contribution < -0.4 is 10.5 Å². The number of anilines is 1. The highest BCUT2D eigenvalue weighted by Gasteiger charge is 2.32. The standard InChI is InChI=1S/C22H20ClFN4O2S/c1-2-19(29)28-6-5-27-9-12-7-16(23)15(8-18(12)30-11-13(27)10-28)14-3-4-17(24)21-20(14)26-22(25)31-21/h2-4,7-8,13H,1,5-6,9-11H2,(H2,25,26)/t13-/m1/s1. The van der Waals surface area contributed by atoms with E-state index < -0.39 is 0 Å². The maximum atomic E-state index is 14.2. The lowest BCUT2D eigenvalue weighted by atomic mass is 10.0. The molecule has 2 N–H and O–H groups in total. The van der Waals surface area contributed by atoms with Gasteiger partial charge in [-0.15, -0.1) is 0 Å². The first-order valence-electron chi connectivity index (χ1n) is 9.90. The van der Waals surface area contributed by atoms with E-state index in [1.54, 1.807) is 11.0 Å². The topological polar surface area (TPSA) is 71.7 Å². The number of benzene rings is 2. The number of amides is 1. The van der Waals surface area contributed by atoms with Gasteiger partial charge in [-0.05, 0) is 30.3 Å². The molecule has 2 aliphatic rings. The number of carbonyl (C=O) groups excluding carboxylic acids is 1. The van der Waals surface area contributed by atoms with E-state index in [0.717, 1.165) is 34.8 Å². The Morgan fingerprint density at radius 2 is 2.19 bits per heavy atom. The number of ether oxygens (including phenoxy) is 1. The van der Waals surface area contributed by atoms with Crippen LogP contribution in [0.1, 0.15) is 5.56 Å². The Balaban J connectivity index is 1.50. The fourth-order valence-electron chi connectivity index (χ4n) is 4.26. The van der Waals surface area contributed by atoms with Crippen molar-refractivity contribution < 1.29 is 13.9 Å². The summed E-state index contributed by atoms with van der Waals surface area (Å²) in [4.78, 5) is 20.4. The number of thiazole rings is 1. The zero-order valence-electron chi connectivity index (χ0n) is 16.6. The summed E-state index contributed by atoms with van der Waals surface area (Å²) in [5.41, 5.74) is 8.74. The number of nitrogen functional groups attached to an aromatic ring is 1. The van der Waals surface area contributed by atoms with E-state index in [4.69, 9.17) is 22.1 Å². The smallest absolute Gasteiger partial charge is 0.246 e. The third-order valence-electron chi connectivity index (χ3n) is 5.85. The molecule has 6 nitrogen and oxygen atoms in total. The van der Waals surface area contributed by atoms with Crippen molar-refractivity contribution >= 4 is 44.2 Å². The monoisotopic (exact) mass is 458 g/mol. The second kappa shape index (κ2) is 7.78. The van der Waals surface area contributed by atoms with Crippen molar-refractivity contribution in [2.24, 2.45) is 0 Å². The van der Waals surface area contributed by atoms with E-state index >= 15 is 0 Å². The van der Waals surface area contributed by atoms with Gasteiger partial charge in [0.05, 0.1) is 16.3 Å². The molecule has 0 radical (unpaired) electrons. The van der Waals surface area contributed by atoms with Crippen LogP contribution in [-0.4, -0.2) is 53.0 Å². The van der Waals surface area contributed by atoms with Crippen LogP contribution in [0.5, 0.6) is 5.75 Å². The highest BCUT2D eigenvalue weighted by Crippen LogP contribution is 2.41. The van der Waals surface area contributed by atoms with Gasteiger partial charge in [-0.1, -0.05) is 29.5 Å². The van der Waals surface area contributed by atoms with Gasteiger partial charge >= 0.3 is 0 Å². The zero-order valence-corrected chi connectivity index (χ0v) is 18.2. The quantitative estimate of drug-likeness (QED) is 0.589. The third-order valence-corrected chi connectivity index (χ3v) is 7.05. The molecule has 0 aliphatic carbocycles. The highest BCUT2D eigenvalue weighted by molar-refractivity contribution is 7.22. The second-order valence-electron chi connectivity index (χ2n) is 7.69. The number of aromatic nitrogens is 1. The molecule has 160 valence electrons. The molecule has 2 aliphatic heterocycles. The van der Waals surface area contributed by atoms with Gasteiger partial charge in [-0.2, -0.15) is 0 Å². The Morgan fingerprint density at radius 1 is 1.35 bits per heavy atom. The van der Waals surface area contributed by atoms with E-state index in [9.17, 15) is 9.18 Å². The molecule has 3 aromatic rings. The maximum absolute atomic E-state index is 14.2. The largest absolute Gasteiger partial charge is 0.492 e. The molecule has 2 aromatic carbocycles. The van der Waals surface area contributed by atoms with Gasteiger partial charge in [-0.25, -0.2) is 9.37 Å². The van der Waals surface area contributed by atoms with Crippen molar-refractivity contribution in [1.82, 2.24) is 14.8 Å². The van der Waals surface area contributed by atoms with E-state index in [1.807, 2.05) is 12.1 Å². The van der Waals surface area contributed by atoms with Crippen molar-refractivity contribution in [3.8, 4) is 16.9 Å². The number of fused-ring (bicyclic) bond motifs is 3. The van der Waals surface area contributed by atoms with Gasteiger partial charge in [0.15, 0.2) is 5.13 Å². The summed E-state index contributed by atoms with van der Waals surface area (Å²) >= 11 is 7.78. The van der Waals surface area contributed by atoms with Crippen LogP contribution in [0, 0.1) is 5.82 Å². The lowest BCUT2D eigenvalue weighted by Gasteiger charge is -2.39. The zero-order chi connectivity index (χ0) is 21.7. The Bertz CT molecular complexity index is 1210. The number of piperazine rings is 1. The van der Waals surface area contributed by atoms with Gasteiger partial charge in [0.25, 0.3) is 0 Å². The Kier molecular flexibility index (Phi) is 5.08. The summed E-state index contributed by atoms with van der Waals surface area (Å²) in [5, 5.41) is 0.847. The lowest BCUT2D eigenvalue weighted by Crippen LogP contribution is -2.55. The molecule has 5 rings (SSSR count). The van der Waals surface area contributed by atoms with Crippen molar-refractivity contribution in [3.63, 3.8) is 0 Å². The molecule has 0 unspecified atom stereocenters. The predicted octanol–water partition coefficient (Wildman–Crippen LogP) is 3.93. The molecule has 1 saturated heterocycles. The van der Waals surface area contributed by atoms with Crippen molar-refractivity contribution in [2.45, 2.75) is 12.6 Å². The molecule has 0 spiro atoms. The first-order chi connectivity index (χ1) is 14.9. The molecule has 1 aromatic heterocycles. The molecule has 1 fully saturated rings. The van der Waals surface area contributed by atoms with E-state index in [2.05, 4.69) is 16.5 Å². The van der Waals surface area contributed by atoms with Gasteiger partial charge in [-0.3, -0.25) is 9.69 Å². The van der Waals surface area contributed by atoms with Crippen LogP contribution in [0.2, 0.25) is 5.02 Å². The fourth-order valence-corrected chi connectivity index (χ4v) is 5.31. The fraction of sp³-hybridized carbons (Fsp3) is 0.273. The van der Waals surface area contributed by atoms with Crippen LogP contribution >= 0.6 is 22.9 Å². The summed E-state index contributed by atoms with van der Waals surface area (Å²) in [6.07, 6.45) is 1.35. The number of nitrogens with two attached hydrogens (primary N) is 1. The third kappa shape index (κ3) is 3.54. The average molecular weight is 459 g/mol. The summed E-state index contributed by atoms with van der Waals surface area (Å²) in [6.45, 7) is 6.72. The van der Waals surface area contributed by atoms with E-state index in [1.165, 1.54) is 12.1 Å². The average Bonchev–Trinajstić information content (AvgIpc) is 3.07. The summed E-state index contributed by atoms with van der Waals surface area (Å²) < 4.78 is 20.8. The second-order valence-corrected chi connectivity index (χ2v) is 9.13. The highest BCUT2D eigenvalue weighted by atomic mass is 35.5. The van der Waals surface area contributed by atoms with Crippen molar-refractivity contribution in [3.05, 3.63) is 53.3 Å². The van der Waals surface area contributed by atoms with Crippen LogP contribution in [0.4, 0.5) is 9.52 Å². The molecule has 9 heteroatoms. The Labute approximate surface area is 187 Å². The summed E-state index contributed by atoms with van der Waals surface area (Å²) in [7, 11) is 0. The lowest BCUT2D eigenvalue weighted by molar-refractivity contribution is -0.129. The number of hydrogen-bond donors (Lipinski definition) is 1. The van der Waals surface area contributed by atoms with Crippen molar-refractivity contribution in [2.75, 3.05) is 32.0 Å². The number of halogens is 2. The molecule has 3 heterocycles. The van der Waals surface area contributed by atoms with Gasteiger partial charge < -0.3 is 15.4 Å². The molecule has 31 heavy (non-hydrogen) atoms. The van der Waals surface area contributed by atoms with Gasteiger partial charge in [0.1, 0.15) is 18.2 Å². The van der Waals surface area contributed by atoms with Crippen LogP contribution in [-0.2, 0) is 11.3 Å². The normalized spacial score (nSPS) is 18.8. The molecular formula is C22H20ClFN4O2S. The maximum Gasteiger partial charge on any atom is 0.246 e. The minimum atomic E-state index is -0.356. The first kappa shape index (κ1) is 20.2. The molecule has 1 amide bonds. The number of hydrogen-bond acceptors (Lipinski definition) is 6. The number of rotatable bonds is 2. The molecule has 0 saturated carbocycles. The van der Waals surface area contributed by atoms with E-state index in [-0.39, 0.29) is 17.8 Å². The Hall–Kier alpha value is -2.68. The van der Waals surface area contributed by atoms with Gasteiger partial charge in [0, 0.05) is 47.9 Å². The minimum Gasteiger partial charge on any atom is -0.492 e. The van der Waals surface area contributed by atoms with Crippen LogP contribution in [0.25, 0.3) is 21.3 Å². The molecule has 1 atom stereocenters. The summed E-state index contributed by atoms with van der Waals surface area (Å²) in [5.74, 6) is 0.316. The molecule has 0 bridgehead atoms. The number of carbonyl (C=O) groups is 1. The predicted molar refractivity (Wildman–Crippen MR) is 121 cm³/mol.